The fraction of sp³-hybridized carbons (Fsp3) is 0.250. The lowest BCUT2D eigenvalue weighted by Crippen LogP contribution is -2.14. The Labute approximate surface area is 118 Å². The van der Waals surface area contributed by atoms with Crippen LogP contribution in [-0.4, -0.2) is 21.9 Å². The summed E-state index contributed by atoms with van der Waals surface area (Å²) < 4.78 is 13.8. The predicted octanol–water partition coefficient (Wildman–Crippen LogP) is 3.02. The van der Waals surface area contributed by atoms with Crippen LogP contribution in [0.25, 0.3) is 0 Å². The number of halogens is 1. The highest BCUT2D eigenvalue weighted by atomic mass is 32.2. The van der Waals surface area contributed by atoms with E-state index in [4.69, 9.17) is 0 Å². The summed E-state index contributed by atoms with van der Waals surface area (Å²) in [6, 6.07) is 4.49. The topological polar surface area (TPSA) is 54.9 Å². The molecule has 1 aromatic heterocycles. The highest BCUT2D eigenvalue weighted by Crippen LogP contribution is 2.22. The van der Waals surface area contributed by atoms with Gasteiger partial charge in [0.05, 0.1) is 5.75 Å². The number of benzene rings is 1. The van der Waals surface area contributed by atoms with Gasteiger partial charge in [-0.3, -0.25) is 4.79 Å². The maximum absolute atomic E-state index is 13.1. The summed E-state index contributed by atoms with van der Waals surface area (Å²) in [5.41, 5.74) is 1.10. The van der Waals surface area contributed by atoms with Crippen molar-refractivity contribution < 1.29 is 9.18 Å². The van der Waals surface area contributed by atoms with Crippen LogP contribution in [0.2, 0.25) is 0 Å². The van der Waals surface area contributed by atoms with Gasteiger partial charge in [0.15, 0.2) is 4.34 Å². The minimum absolute atomic E-state index is 0.149. The number of carbonyl (C=O) groups excluding carboxylic acids is 1. The Morgan fingerprint density at radius 1 is 1.42 bits per heavy atom. The lowest BCUT2D eigenvalue weighted by Gasteiger charge is -2.05. The highest BCUT2D eigenvalue weighted by Gasteiger charge is 2.07. The van der Waals surface area contributed by atoms with Gasteiger partial charge in [-0.25, -0.2) is 4.39 Å². The number of anilines is 1. The fourth-order valence-electron chi connectivity index (χ4n) is 1.38. The molecule has 0 saturated carbocycles. The molecule has 2 rings (SSSR count). The van der Waals surface area contributed by atoms with Gasteiger partial charge < -0.3 is 5.32 Å². The number of amides is 1. The Balaban J connectivity index is 1.88. The summed E-state index contributed by atoms with van der Waals surface area (Å²) in [4.78, 5) is 11.7. The molecule has 1 N–H and O–H groups in total. The zero-order valence-electron chi connectivity index (χ0n) is 10.4. The standard InChI is InChI=1S/C12H12FN3OS2/c1-7-5-9(3-4-10(7)13)14-11(17)6-18-12-16-15-8(2)19-12/h3-5H,6H2,1-2H3,(H,14,17). The first kappa shape index (κ1) is 14.0. The molecule has 7 heteroatoms. The highest BCUT2D eigenvalue weighted by molar-refractivity contribution is 8.01. The van der Waals surface area contributed by atoms with Crippen LogP contribution in [0, 0.1) is 19.7 Å². The predicted molar refractivity (Wildman–Crippen MR) is 75.1 cm³/mol. The van der Waals surface area contributed by atoms with Gasteiger partial charge >= 0.3 is 0 Å². The van der Waals surface area contributed by atoms with Crippen molar-refractivity contribution in [1.82, 2.24) is 10.2 Å². The largest absolute Gasteiger partial charge is 0.325 e. The van der Waals surface area contributed by atoms with Crippen LogP contribution in [-0.2, 0) is 4.79 Å². The van der Waals surface area contributed by atoms with Crippen molar-refractivity contribution in [2.75, 3.05) is 11.1 Å². The lowest BCUT2D eigenvalue weighted by atomic mass is 10.2. The van der Waals surface area contributed by atoms with E-state index in [1.165, 1.54) is 29.2 Å². The maximum atomic E-state index is 13.1. The molecule has 2 aromatic rings. The Morgan fingerprint density at radius 3 is 2.84 bits per heavy atom. The molecule has 100 valence electrons. The van der Waals surface area contributed by atoms with E-state index in [1.807, 2.05) is 6.92 Å². The van der Waals surface area contributed by atoms with E-state index >= 15 is 0 Å². The zero-order valence-corrected chi connectivity index (χ0v) is 12.1. The molecule has 0 unspecified atom stereocenters. The first-order valence-corrected chi connectivity index (χ1v) is 7.34. The Bertz CT molecular complexity index is 600. The molecule has 19 heavy (non-hydrogen) atoms. The maximum Gasteiger partial charge on any atom is 0.234 e. The summed E-state index contributed by atoms with van der Waals surface area (Å²) in [5, 5.41) is 11.4. The van der Waals surface area contributed by atoms with Crippen molar-refractivity contribution in [2.24, 2.45) is 0 Å². The molecule has 0 fully saturated rings. The number of rotatable bonds is 4. The number of hydrogen-bond acceptors (Lipinski definition) is 5. The Hall–Kier alpha value is -1.47. The number of thioether (sulfide) groups is 1. The average Bonchev–Trinajstić information content (AvgIpc) is 2.77. The van der Waals surface area contributed by atoms with Crippen molar-refractivity contribution in [3.8, 4) is 0 Å². The van der Waals surface area contributed by atoms with Crippen LogP contribution < -0.4 is 5.32 Å². The second kappa shape index (κ2) is 6.12. The van der Waals surface area contributed by atoms with Crippen LogP contribution in [0.4, 0.5) is 10.1 Å². The minimum Gasteiger partial charge on any atom is -0.325 e. The van der Waals surface area contributed by atoms with Gasteiger partial charge in [0.1, 0.15) is 10.8 Å². The zero-order chi connectivity index (χ0) is 13.8. The second-order valence-corrected chi connectivity index (χ2v) is 6.29. The molecule has 0 aliphatic heterocycles. The van der Waals surface area contributed by atoms with Crippen molar-refractivity contribution in [1.29, 1.82) is 0 Å². The van der Waals surface area contributed by atoms with Gasteiger partial charge in [0, 0.05) is 5.69 Å². The van der Waals surface area contributed by atoms with Crippen LogP contribution in [0.1, 0.15) is 10.6 Å². The quantitative estimate of drug-likeness (QED) is 0.881. The summed E-state index contributed by atoms with van der Waals surface area (Å²) in [5.74, 6) is -0.175. The van der Waals surface area contributed by atoms with E-state index in [0.717, 1.165) is 9.35 Å². The monoisotopic (exact) mass is 297 g/mol. The lowest BCUT2D eigenvalue weighted by molar-refractivity contribution is -0.113. The molecule has 1 aromatic carbocycles. The normalized spacial score (nSPS) is 10.5. The van der Waals surface area contributed by atoms with Crippen LogP contribution in [0.15, 0.2) is 22.5 Å². The van der Waals surface area contributed by atoms with E-state index in [1.54, 1.807) is 19.1 Å². The molecule has 0 saturated heterocycles. The fourth-order valence-corrected chi connectivity index (χ4v) is 3.00. The Morgan fingerprint density at radius 2 is 2.21 bits per heavy atom. The number of aryl methyl sites for hydroxylation is 2. The van der Waals surface area contributed by atoms with E-state index in [2.05, 4.69) is 15.5 Å². The van der Waals surface area contributed by atoms with Crippen molar-refractivity contribution in [2.45, 2.75) is 18.2 Å². The molecule has 4 nitrogen and oxygen atoms in total. The van der Waals surface area contributed by atoms with Gasteiger partial charge in [0.2, 0.25) is 5.91 Å². The van der Waals surface area contributed by atoms with Crippen molar-refractivity contribution in [3.63, 3.8) is 0 Å². The molecule has 0 atom stereocenters. The summed E-state index contributed by atoms with van der Waals surface area (Å²) in [7, 11) is 0. The Kier molecular flexibility index (Phi) is 4.49. The van der Waals surface area contributed by atoms with E-state index < -0.39 is 0 Å². The van der Waals surface area contributed by atoms with Crippen molar-refractivity contribution in [3.05, 3.63) is 34.6 Å². The molecule has 0 radical (unpaired) electrons. The number of hydrogen-bond donors (Lipinski definition) is 1. The molecule has 1 amide bonds. The van der Waals surface area contributed by atoms with Gasteiger partial charge in [0.25, 0.3) is 0 Å². The molecule has 0 aliphatic rings. The minimum atomic E-state index is -0.281. The third-order valence-electron chi connectivity index (χ3n) is 2.28. The van der Waals surface area contributed by atoms with Gasteiger partial charge in [-0.15, -0.1) is 10.2 Å². The molecule has 0 bridgehead atoms. The van der Waals surface area contributed by atoms with E-state index in [9.17, 15) is 9.18 Å². The van der Waals surface area contributed by atoms with Gasteiger partial charge in [-0.2, -0.15) is 0 Å². The third kappa shape index (κ3) is 4.00. The number of nitrogens with zero attached hydrogens (tertiary/aromatic N) is 2. The van der Waals surface area contributed by atoms with E-state index in [0.29, 0.717) is 11.3 Å². The number of aromatic nitrogens is 2. The summed E-state index contributed by atoms with van der Waals surface area (Å²) in [6.07, 6.45) is 0. The average molecular weight is 297 g/mol. The SMILES string of the molecule is Cc1nnc(SCC(=O)Nc2ccc(F)c(C)c2)s1. The second-order valence-electron chi connectivity index (χ2n) is 3.89. The van der Waals surface area contributed by atoms with Gasteiger partial charge in [-0.05, 0) is 37.6 Å². The number of nitrogens with one attached hydrogen (secondary N) is 1. The molecular formula is C12H12FN3OS2. The first-order valence-electron chi connectivity index (χ1n) is 5.53. The molecule has 0 aliphatic carbocycles. The van der Waals surface area contributed by atoms with Gasteiger partial charge in [-0.1, -0.05) is 23.1 Å². The third-order valence-corrected chi connectivity index (χ3v) is 4.25. The van der Waals surface area contributed by atoms with Crippen molar-refractivity contribution >= 4 is 34.7 Å². The first-order chi connectivity index (χ1) is 9.04. The van der Waals surface area contributed by atoms with E-state index in [-0.39, 0.29) is 17.5 Å². The van der Waals surface area contributed by atoms with Crippen LogP contribution in [0.5, 0.6) is 0 Å². The molecular weight excluding hydrogens is 285 g/mol. The molecule has 0 spiro atoms. The summed E-state index contributed by atoms with van der Waals surface area (Å²) in [6.45, 7) is 3.52. The molecule has 1 heterocycles. The van der Waals surface area contributed by atoms with Crippen LogP contribution in [0.3, 0.4) is 0 Å². The smallest absolute Gasteiger partial charge is 0.234 e. The number of carbonyl (C=O) groups is 1. The summed E-state index contributed by atoms with van der Waals surface area (Å²) >= 11 is 2.79. The van der Waals surface area contributed by atoms with Crippen LogP contribution >= 0.6 is 23.1 Å².